The first kappa shape index (κ1) is 14.1. The highest BCUT2D eigenvalue weighted by Gasteiger charge is 2.12. The third-order valence-corrected chi connectivity index (χ3v) is 4.13. The number of hydrogen-bond donors (Lipinski definition) is 0. The highest BCUT2D eigenvalue weighted by Crippen LogP contribution is 2.32. The Balaban J connectivity index is 2.12. The molecule has 3 nitrogen and oxygen atoms in total. The van der Waals surface area contributed by atoms with E-state index in [1.165, 1.54) is 5.56 Å². The zero-order chi connectivity index (χ0) is 15.1. The van der Waals surface area contributed by atoms with Gasteiger partial charge in [0.2, 0.25) is 5.89 Å². The monoisotopic (exact) mass is 344 g/mol. The number of fused-ring (bicyclic) bond motifs is 1. The zero-order valence-electron chi connectivity index (χ0n) is 12.6. The lowest BCUT2D eigenvalue weighted by Crippen LogP contribution is -2.09. The molecule has 0 atom stereocenters. The van der Waals surface area contributed by atoms with Crippen molar-refractivity contribution in [2.75, 3.05) is 19.0 Å². The van der Waals surface area contributed by atoms with Gasteiger partial charge in [-0.15, -0.1) is 0 Å². The molecular formula is C17H17BrN2O. The third kappa shape index (κ3) is 2.56. The van der Waals surface area contributed by atoms with Crippen LogP contribution in [0.15, 0.2) is 39.2 Å². The SMILES string of the molecule is Cc1cc(C)c2oc(-c3ccc(N(C)C)c(Br)c3)nc2c1. The molecule has 3 rings (SSSR count). The van der Waals surface area contributed by atoms with Crippen LogP contribution in [-0.4, -0.2) is 19.1 Å². The lowest BCUT2D eigenvalue weighted by molar-refractivity contribution is 0.617. The van der Waals surface area contributed by atoms with Crippen LogP contribution in [-0.2, 0) is 0 Å². The van der Waals surface area contributed by atoms with Gasteiger partial charge in [-0.1, -0.05) is 6.07 Å². The number of oxazole rings is 1. The summed E-state index contributed by atoms with van der Waals surface area (Å²) in [5.74, 6) is 0.657. The predicted octanol–water partition coefficient (Wildman–Crippen LogP) is 4.94. The fourth-order valence-electron chi connectivity index (χ4n) is 2.50. The standard InChI is InChI=1S/C17H17BrN2O/c1-10-7-11(2)16-14(8-10)19-17(21-16)12-5-6-15(20(3)4)13(18)9-12/h5-9H,1-4H3. The van der Waals surface area contributed by atoms with Crippen molar-refractivity contribution in [3.63, 3.8) is 0 Å². The maximum absolute atomic E-state index is 5.95. The van der Waals surface area contributed by atoms with E-state index in [9.17, 15) is 0 Å². The number of halogens is 1. The summed E-state index contributed by atoms with van der Waals surface area (Å²) >= 11 is 3.60. The molecule has 2 aromatic carbocycles. The van der Waals surface area contributed by atoms with Gasteiger partial charge in [0.1, 0.15) is 5.52 Å². The van der Waals surface area contributed by atoms with Crippen molar-refractivity contribution in [1.29, 1.82) is 0 Å². The molecule has 108 valence electrons. The van der Waals surface area contributed by atoms with Crippen molar-refractivity contribution in [3.8, 4) is 11.5 Å². The Morgan fingerprint density at radius 1 is 1.10 bits per heavy atom. The summed E-state index contributed by atoms with van der Waals surface area (Å²) in [5.41, 5.74) is 6.19. The molecule has 0 unspecified atom stereocenters. The van der Waals surface area contributed by atoms with E-state index in [-0.39, 0.29) is 0 Å². The van der Waals surface area contributed by atoms with Gasteiger partial charge in [-0.3, -0.25) is 0 Å². The molecule has 0 saturated heterocycles. The van der Waals surface area contributed by atoms with Gasteiger partial charge in [-0.25, -0.2) is 4.98 Å². The second-order valence-corrected chi connectivity index (χ2v) is 6.36. The van der Waals surface area contributed by atoms with Gasteiger partial charge in [-0.05, 0) is 65.2 Å². The molecule has 0 saturated carbocycles. The Hall–Kier alpha value is -1.81. The van der Waals surface area contributed by atoms with Gasteiger partial charge >= 0.3 is 0 Å². The van der Waals surface area contributed by atoms with Crippen molar-refractivity contribution in [2.45, 2.75) is 13.8 Å². The maximum Gasteiger partial charge on any atom is 0.227 e. The fourth-order valence-corrected chi connectivity index (χ4v) is 3.24. The molecule has 0 bridgehead atoms. The van der Waals surface area contributed by atoms with Crippen molar-refractivity contribution in [1.82, 2.24) is 4.98 Å². The van der Waals surface area contributed by atoms with Crippen LogP contribution in [0.3, 0.4) is 0 Å². The normalized spacial score (nSPS) is 11.1. The van der Waals surface area contributed by atoms with Crippen LogP contribution in [0.5, 0.6) is 0 Å². The number of rotatable bonds is 2. The van der Waals surface area contributed by atoms with Crippen molar-refractivity contribution in [2.24, 2.45) is 0 Å². The minimum atomic E-state index is 0.657. The predicted molar refractivity (Wildman–Crippen MR) is 90.9 cm³/mol. The first-order chi connectivity index (χ1) is 9.95. The minimum Gasteiger partial charge on any atom is -0.436 e. The molecule has 1 heterocycles. The number of aromatic nitrogens is 1. The average molecular weight is 345 g/mol. The Bertz CT molecular complexity index is 821. The number of benzene rings is 2. The molecule has 0 radical (unpaired) electrons. The van der Waals surface area contributed by atoms with Crippen LogP contribution in [0.1, 0.15) is 11.1 Å². The summed E-state index contributed by atoms with van der Waals surface area (Å²) in [6.45, 7) is 4.12. The molecule has 0 spiro atoms. The van der Waals surface area contributed by atoms with Crippen molar-refractivity contribution >= 4 is 32.7 Å². The molecule has 0 amide bonds. The first-order valence-electron chi connectivity index (χ1n) is 6.81. The molecule has 0 aliphatic rings. The molecule has 0 N–H and O–H groups in total. The number of hydrogen-bond acceptors (Lipinski definition) is 3. The van der Waals surface area contributed by atoms with Crippen LogP contribution in [0, 0.1) is 13.8 Å². The summed E-state index contributed by atoms with van der Waals surface area (Å²) in [6.07, 6.45) is 0. The van der Waals surface area contributed by atoms with Crippen LogP contribution in [0.25, 0.3) is 22.6 Å². The Labute approximate surface area is 132 Å². The Kier molecular flexibility index (Phi) is 3.49. The van der Waals surface area contributed by atoms with E-state index in [0.717, 1.165) is 32.4 Å². The minimum absolute atomic E-state index is 0.657. The van der Waals surface area contributed by atoms with E-state index < -0.39 is 0 Å². The van der Waals surface area contributed by atoms with Gasteiger partial charge in [0.25, 0.3) is 0 Å². The number of anilines is 1. The summed E-state index contributed by atoms with van der Waals surface area (Å²) in [4.78, 5) is 6.68. The van der Waals surface area contributed by atoms with E-state index in [1.54, 1.807) is 0 Å². The van der Waals surface area contributed by atoms with Gasteiger partial charge < -0.3 is 9.32 Å². The van der Waals surface area contributed by atoms with Crippen molar-refractivity contribution in [3.05, 3.63) is 45.9 Å². The molecule has 4 heteroatoms. The molecule has 0 fully saturated rings. The van der Waals surface area contributed by atoms with E-state index in [1.807, 2.05) is 26.2 Å². The molecule has 21 heavy (non-hydrogen) atoms. The Morgan fingerprint density at radius 2 is 1.86 bits per heavy atom. The highest BCUT2D eigenvalue weighted by molar-refractivity contribution is 9.10. The number of aryl methyl sites for hydroxylation is 2. The second-order valence-electron chi connectivity index (χ2n) is 5.51. The van der Waals surface area contributed by atoms with Crippen molar-refractivity contribution < 1.29 is 4.42 Å². The molecule has 0 aliphatic heterocycles. The van der Waals surface area contributed by atoms with E-state index in [4.69, 9.17) is 4.42 Å². The third-order valence-electron chi connectivity index (χ3n) is 3.50. The van der Waals surface area contributed by atoms with Gasteiger partial charge in [0, 0.05) is 24.1 Å². The lowest BCUT2D eigenvalue weighted by Gasteiger charge is -2.14. The first-order valence-corrected chi connectivity index (χ1v) is 7.60. The Morgan fingerprint density at radius 3 is 2.52 bits per heavy atom. The zero-order valence-corrected chi connectivity index (χ0v) is 14.2. The van der Waals surface area contributed by atoms with E-state index >= 15 is 0 Å². The maximum atomic E-state index is 5.95. The summed E-state index contributed by atoms with van der Waals surface area (Å²) in [7, 11) is 4.04. The van der Waals surface area contributed by atoms with Gasteiger partial charge in [-0.2, -0.15) is 0 Å². The smallest absolute Gasteiger partial charge is 0.227 e. The molecular weight excluding hydrogens is 328 g/mol. The number of nitrogens with zero attached hydrogens (tertiary/aromatic N) is 2. The van der Waals surface area contributed by atoms with Gasteiger partial charge in [0.15, 0.2) is 5.58 Å². The van der Waals surface area contributed by atoms with Crippen LogP contribution in [0.4, 0.5) is 5.69 Å². The van der Waals surface area contributed by atoms with E-state index in [0.29, 0.717) is 5.89 Å². The topological polar surface area (TPSA) is 29.3 Å². The molecule has 3 aromatic rings. The summed E-state index contributed by atoms with van der Waals surface area (Å²) in [5, 5.41) is 0. The largest absolute Gasteiger partial charge is 0.436 e. The summed E-state index contributed by atoms with van der Waals surface area (Å²) in [6, 6.07) is 10.3. The van der Waals surface area contributed by atoms with Crippen LogP contribution in [0.2, 0.25) is 0 Å². The van der Waals surface area contributed by atoms with Gasteiger partial charge in [0.05, 0.1) is 5.69 Å². The van der Waals surface area contributed by atoms with Crippen LogP contribution >= 0.6 is 15.9 Å². The quantitative estimate of drug-likeness (QED) is 0.659. The average Bonchev–Trinajstić information content (AvgIpc) is 2.82. The van der Waals surface area contributed by atoms with E-state index in [2.05, 4.69) is 57.9 Å². The highest BCUT2D eigenvalue weighted by atomic mass is 79.9. The lowest BCUT2D eigenvalue weighted by atomic mass is 10.1. The molecule has 0 aliphatic carbocycles. The second kappa shape index (κ2) is 5.19. The fraction of sp³-hybridized carbons (Fsp3) is 0.235. The molecule has 1 aromatic heterocycles. The summed E-state index contributed by atoms with van der Waals surface area (Å²) < 4.78 is 6.98. The van der Waals surface area contributed by atoms with Crippen LogP contribution < -0.4 is 4.90 Å².